The van der Waals surface area contributed by atoms with Gasteiger partial charge in [0, 0.05) is 13.1 Å². The van der Waals surface area contributed by atoms with Gasteiger partial charge in [0.1, 0.15) is 0 Å². The molecule has 1 aromatic carbocycles. The molecule has 0 fully saturated rings. The molecule has 0 saturated carbocycles. The molecule has 0 aliphatic heterocycles. The summed E-state index contributed by atoms with van der Waals surface area (Å²) in [6, 6.07) is 6.17. The van der Waals surface area contributed by atoms with Gasteiger partial charge in [-0.15, -0.1) is 13.2 Å². The molecular weight excluding hydrogens is 263 g/mol. The zero-order chi connectivity index (χ0) is 14.5. The summed E-state index contributed by atoms with van der Waals surface area (Å²) in [6.45, 7) is 0.106. The summed E-state index contributed by atoms with van der Waals surface area (Å²) in [5.74, 6) is -1.02. The number of carbonyl (C=O) groups is 1. The van der Waals surface area contributed by atoms with Crippen molar-refractivity contribution in [2.75, 3.05) is 20.2 Å². The number of benzene rings is 1. The van der Waals surface area contributed by atoms with Crippen molar-refractivity contribution >= 4 is 5.97 Å². The quantitative estimate of drug-likeness (QED) is 0.867. The lowest BCUT2D eigenvalue weighted by Gasteiger charge is -2.17. The molecule has 0 spiro atoms. The molecule has 0 aliphatic carbocycles. The molecular formula is C12H14F3NO3. The molecule has 0 radical (unpaired) electrons. The first-order valence-corrected chi connectivity index (χ1v) is 5.49. The number of hydrogen-bond acceptors (Lipinski definition) is 3. The number of ether oxygens (including phenoxy) is 1. The average molecular weight is 277 g/mol. The van der Waals surface area contributed by atoms with Gasteiger partial charge in [-0.2, -0.15) is 0 Å². The SMILES string of the molecule is CN(CCOC(F)(F)F)Cc1ccc(C(=O)O)cc1. The predicted octanol–water partition coefficient (Wildman–Crippen LogP) is 2.35. The number of carboxylic acids is 1. The van der Waals surface area contributed by atoms with Gasteiger partial charge < -0.3 is 5.11 Å². The standard InChI is InChI=1S/C12H14F3NO3/c1-16(6-7-19-12(13,14)15)8-9-2-4-10(5-3-9)11(17)18/h2-5H,6-8H2,1H3,(H,17,18). The lowest BCUT2D eigenvalue weighted by atomic mass is 10.1. The summed E-state index contributed by atoms with van der Waals surface area (Å²) in [6.07, 6.45) is -4.61. The molecule has 0 amide bonds. The van der Waals surface area contributed by atoms with Crippen molar-refractivity contribution in [1.82, 2.24) is 4.90 Å². The molecule has 1 aromatic rings. The number of likely N-dealkylation sites (N-methyl/N-ethyl adjacent to an activating group) is 1. The van der Waals surface area contributed by atoms with Crippen molar-refractivity contribution in [1.29, 1.82) is 0 Å². The van der Waals surface area contributed by atoms with E-state index >= 15 is 0 Å². The molecule has 1 N–H and O–H groups in total. The first-order chi connectivity index (χ1) is 8.78. The third-order valence-corrected chi connectivity index (χ3v) is 2.39. The highest BCUT2D eigenvalue weighted by Crippen LogP contribution is 2.15. The van der Waals surface area contributed by atoms with E-state index in [9.17, 15) is 18.0 Å². The van der Waals surface area contributed by atoms with Crippen LogP contribution < -0.4 is 0 Å². The first kappa shape index (κ1) is 15.5. The van der Waals surface area contributed by atoms with Gasteiger partial charge in [0.05, 0.1) is 12.2 Å². The van der Waals surface area contributed by atoms with Crippen LogP contribution in [0.15, 0.2) is 24.3 Å². The van der Waals surface area contributed by atoms with Crippen LogP contribution in [0, 0.1) is 0 Å². The van der Waals surface area contributed by atoms with Gasteiger partial charge in [0.15, 0.2) is 0 Å². The Balaban J connectivity index is 2.40. The second-order valence-corrected chi connectivity index (χ2v) is 4.03. The van der Waals surface area contributed by atoms with E-state index in [1.807, 2.05) is 0 Å². The van der Waals surface area contributed by atoms with Crippen LogP contribution in [0.3, 0.4) is 0 Å². The van der Waals surface area contributed by atoms with E-state index in [4.69, 9.17) is 5.11 Å². The summed E-state index contributed by atoms with van der Waals surface area (Å²) in [5.41, 5.74) is 0.992. The molecule has 0 aromatic heterocycles. The minimum absolute atomic E-state index is 0.125. The number of alkyl halides is 3. The van der Waals surface area contributed by atoms with E-state index in [1.165, 1.54) is 12.1 Å². The number of aromatic carboxylic acids is 1. The average Bonchev–Trinajstić information content (AvgIpc) is 2.27. The van der Waals surface area contributed by atoms with Crippen LogP contribution in [-0.4, -0.2) is 42.5 Å². The molecule has 7 heteroatoms. The van der Waals surface area contributed by atoms with Crippen molar-refractivity contribution in [3.05, 3.63) is 35.4 Å². The van der Waals surface area contributed by atoms with Gasteiger partial charge in [-0.05, 0) is 24.7 Å². The zero-order valence-electron chi connectivity index (χ0n) is 10.3. The highest BCUT2D eigenvalue weighted by molar-refractivity contribution is 5.87. The van der Waals surface area contributed by atoms with Crippen LogP contribution in [0.2, 0.25) is 0 Å². The Hall–Kier alpha value is -1.60. The van der Waals surface area contributed by atoms with Crippen molar-refractivity contribution in [3.8, 4) is 0 Å². The first-order valence-electron chi connectivity index (χ1n) is 5.49. The number of nitrogens with zero attached hydrogens (tertiary/aromatic N) is 1. The third-order valence-electron chi connectivity index (χ3n) is 2.39. The van der Waals surface area contributed by atoms with Gasteiger partial charge in [-0.25, -0.2) is 4.79 Å². The highest BCUT2D eigenvalue weighted by Gasteiger charge is 2.28. The topological polar surface area (TPSA) is 49.8 Å². The molecule has 0 bridgehead atoms. The van der Waals surface area contributed by atoms with Gasteiger partial charge in [-0.3, -0.25) is 9.64 Å². The van der Waals surface area contributed by atoms with Crippen molar-refractivity contribution in [2.45, 2.75) is 12.9 Å². The molecule has 0 atom stereocenters. The van der Waals surface area contributed by atoms with E-state index < -0.39 is 18.9 Å². The van der Waals surface area contributed by atoms with Gasteiger partial charge in [0.25, 0.3) is 0 Å². The van der Waals surface area contributed by atoms with E-state index in [0.717, 1.165) is 5.56 Å². The van der Waals surface area contributed by atoms with Crippen LogP contribution in [0.25, 0.3) is 0 Å². The Labute approximate surface area is 108 Å². The number of carboxylic acid groups (broad SMARTS) is 1. The summed E-state index contributed by atoms with van der Waals surface area (Å²) in [5, 5.41) is 8.72. The second kappa shape index (κ2) is 6.53. The second-order valence-electron chi connectivity index (χ2n) is 4.03. The highest BCUT2D eigenvalue weighted by atomic mass is 19.4. The van der Waals surface area contributed by atoms with E-state index in [1.54, 1.807) is 24.1 Å². The zero-order valence-corrected chi connectivity index (χ0v) is 10.3. The fraction of sp³-hybridized carbons (Fsp3) is 0.417. The Morgan fingerprint density at radius 2 is 1.89 bits per heavy atom. The smallest absolute Gasteiger partial charge is 0.478 e. The fourth-order valence-corrected chi connectivity index (χ4v) is 1.46. The molecule has 4 nitrogen and oxygen atoms in total. The predicted molar refractivity (Wildman–Crippen MR) is 61.7 cm³/mol. The number of hydrogen-bond donors (Lipinski definition) is 1. The molecule has 0 heterocycles. The molecule has 1 rings (SSSR count). The lowest BCUT2D eigenvalue weighted by molar-refractivity contribution is -0.324. The summed E-state index contributed by atoms with van der Waals surface area (Å²) < 4.78 is 38.9. The van der Waals surface area contributed by atoms with Crippen LogP contribution in [0.5, 0.6) is 0 Å². The summed E-state index contributed by atoms with van der Waals surface area (Å²) >= 11 is 0. The maximum absolute atomic E-state index is 11.8. The van der Waals surface area contributed by atoms with Crippen LogP contribution in [0.1, 0.15) is 15.9 Å². The molecule has 0 aliphatic rings. The van der Waals surface area contributed by atoms with E-state index in [-0.39, 0.29) is 12.1 Å². The summed E-state index contributed by atoms with van der Waals surface area (Å²) in [7, 11) is 1.66. The minimum atomic E-state index is -4.61. The van der Waals surface area contributed by atoms with Gasteiger partial charge >= 0.3 is 12.3 Å². The number of halogens is 3. The van der Waals surface area contributed by atoms with Crippen molar-refractivity contribution in [2.24, 2.45) is 0 Å². The lowest BCUT2D eigenvalue weighted by Crippen LogP contribution is -2.26. The van der Waals surface area contributed by atoms with Crippen LogP contribution in [0.4, 0.5) is 13.2 Å². The minimum Gasteiger partial charge on any atom is -0.478 e. The molecule has 0 unspecified atom stereocenters. The maximum Gasteiger partial charge on any atom is 0.522 e. The monoisotopic (exact) mass is 277 g/mol. The molecule has 19 heavy (non-hydrogen) atoms. The third kappa shape index (κ3) is 6.21. The van der Waals surface area contributed by atoms with Gasteiger partial charge in [0.2, 0.25) is 0 Å². The Morgan fingerprint density at radius 3 is 2.37 bits per heavy atom. The van der Waals surface area contributed by atoms with Crippen molar-refractivity contribution in [3.63, 3.8) is 0 Å². The molecule has 106 valence electrons. The largest absolute Gasteiger partial charge is 0.522 e. The maximum atomic E-state index is 11.8. The van der Waals surface area contributed by atoms with Crippen LogP contribution >= 0.6 is 0 Å². The van der Waals surface area contributed by atoms with Crippen LogP contribution in [-0.2, 0) is 11.3 Å². The molecule has 0 saturated heterocycles. The van der Waals surface area contributed by atoms with E-state index in [0.29, 0.717) is 6.54 Å². The van der Waals surface area contributed by atoms with Crippen molar-refractivity contribution < 1.29 is 27.8 Å². The van der Waals surface area contributed by atoms with E-state index in [2.05, 4.69) is 4.74 Å². The Morgan fingerprint density at radius 1 is 1.32 bits per heavy atom. The number of rotatable bonds is 6. The Bertz CT molecular complexity index is 417. The Kier molecular flexibility index (Phi) is 5.31. The fourth-order valence-electron chi connectivity index (χ4n) is 1.46. The van der Waals surface area contributed by atoms with Gasteiger partial charge in [-0.1, -0.05) is 12.1 Å². The normalized spacial score (nSPS) is 11.8. The summed E-state index contributed by atoms with van der Waals surface area (Å²) in [4.78, 5) is 12.3.